The lowest BCUT2D eigenvalue weighted by Gasteiger charge is -2.59. The van der Waals surface area contributed by atoms with Crippen molar-refractivity contribution in [1.29, 1.82) is 0 Å². The van der Waals surface area contributed by atoms with Crippen LogP contribution in [0.4, 0.5) is 0 Å². The molecule has 4 aliphatic rings. The monoisotopic (exact) mass is 362 g/mol. The van der Waals surface area contributed by atoms with Gasteiger partial charge in [-0.05, 0) is 37.2 Å². The van der Waals surface area contributed by atoms with Crippen LogP contribution in [0, 0.1) is 28.6 Å². The predicted octanol–water partition coefficient (Wildman–Crippen LogP) is 2.41. The smallest absolute Gasteiger partial charge is 0.313 e. The zero-order chi connectivity index (χ0) is 18.1. The number of cyclic esters (lactones) is 1. The number of hydrogen-bond acceptors (Lipinski definition) is 6. The first-order valence-electron chi connectivity index (χ1n) is 9.71. The number of ether oxygens (including phenoxy) is 2. The highest BCUT2D eigenvalue weighted by Gasteiger charge is 2.72. The SMILES string of the molecule is C[C@@H]1C[C@@H](O)[C@@]23CO[C@@H](O)[C@@H]2CCC[C@@H]3[C@@]12C[C@@H](c1ccoc1)OC2=O. The summed E-state index contributed by atoms with van der Waals surface area (Å²) >= 11 is 0. The molecule has 3 heterocycles. The number of furan rings is 1. The molecule has 2 aliphatic carbocycles. The van der Waals surface area contributed by atoms with Gasteiger partial charge in [0.25, 0.3) is 0 Å². The molecule has 4 fully saturated rings. The molecule has 0 unspecified atom stereocenters. The highest BCUT2D eigenvalue weighted by Crippen LogP contribution is 2.68. The summed E-state index contributed by atoms with van der Waals surface area (Å²) in [4.78, 5) is 13.3. The lowest BCUT2D eigenvalue weighted by molar-refractivity contribution is -0.194. The second kappa shape index (κ2) is 5.57. The van der Waals surface area contributed by atoms with Crippen LogP contribution in [0.25, 0.3) is 0 Å². The maximum absolute atomic E-state index is 13.3. The Labute approximate surface area is 152 Å². The normalized spacial score (nSPS) is 50.5. The second-order valence-electron chi connectivity index (χ2n) is 8.75. The molecular formula is C20H26O6. The van der Waals surface area contributed by atoms with Gasteiger partial charge in [0.05, 0.1) is 30.7 Å². The Hall–Kier alpha value is -1.37. The molecule has 5 rings (SSSR count). The van der Waals surface area contributed by atoms with Crippen LogP contribution in [0.1, 0.15) is 50.7 Å². The molecule has 0 radical (unpaired) electrons. The van der Waals surface area contributed by atoms with Crippen LogP contribution in [0.3, 0.4) is 0 Å². The molecule has 6 nitrogen and oxygen atoms in total. The van der Waals surface area contributed by atoms with Gasteiger partial charge in [-0.3, -0.25) is 4.79 Å². The van der Waals surface area contributed by atoms with Crippen molar-refractivity contribution < 1.29 is 28.9 Å². The molecular weight excluding hydrogens is 336 g/mol. The van der Waals surface area contributed by atoms with Crippen LogP contribution in [0.15, 0.2) is 23.0 Å². The van der Waals surface area contributed by atoms with E-state index in [0.29, 0.717) is 19.4 Å². The molecule has 2 aliphatic heterocycles. The van der Waals surface area contributed by atoms with Gasteiger partial charge >= 0.3 is 5.97 Å². The fourth-order valence-corrected chi connectivity index (χ4v) is 6.72. The molecule has 2 N–H and O–H groups in total. The third-order valence-corrected chi connectivity index (χ3v) is 7.96. The van der Waals surface area contributed by atoms with Crippen LogP contribution >= 0.6 is 0 Å². The summed E-state index contributed by atoms with van der Waals surface area (Å²) < 4.78 is 16.7. The Kier molecular flexibility index (Phi) is 3.59. The maximum Gasteiger partial charge on any atom is 0.313 e. The summed E-state index contributed by atoms with van der Waals surface area (Å²) in [6.07, 6.45) is 5.30. The number of aliphatic hydroxyl groups is 2. The Bertz CT molecular complexity index is 701. The van der Waals surface area contributed by atoms with E-state index in [0.717, 1.165) is 24.8 Å². The fourth-order valence-electron chi connectivity index (χ4n) is 6.72. The van der Waals surface area contributed by atoms with Gasteiger partial charge < -0.3 is 24.1 Å². The van der Waals surface area contributed by atoms with Crippen molar-refractivity contribution in [3.05, 3.63) is 24.2 Å². The average molecular weight is 362 g/mol. The first kappa shape index (κ1) is 16.8. The fraction of sp³-hybridized carbons (Fsp3) is 0.750. The highest BCUT2D eigenvalue weighted by atomic mass is 16.6. The van der Waals surface area contributed by atoms with Crippen molar-refractivity contribution in [2.24, 2.45) is 28.6 Å². The molecule has 0 bridgehead atoms. The lowest BCUT2D eigenvalue weighted by Crippen LogP contribution is -2.63. The lowest BCUT2D eigenvalue weighted by atomic mass is 9.43. The Morgan fingerprint density at radius 1 is 1.27 bits per heavy atom. The number of fused-ring (bicyclic) bond motifs is 1. The number of carbonyl (C=O) groups is 1. The van der Waals surface area contributed by atoms with Crippen LogP contribution in [-0.2, 0) is 14.3 Å². The third-order valence-electron chi connectivity index (χ3n) is 7.96. The predicted molar refractivity (Wildman–Crippen MR) is 89.6 cm³/mol. The van der Waals surface area contributed by atoms with Crippen molar-refractivity contribution >= 4 is 5.97 Å². The summed E-state index contributed by atoms with van der Waals surface area (Å²) in [6, 6.07) is 1.85. The van der Waals surface area contributed by atoms with E-state index in [1.807, 2.05) is 6.07 Å². The van der Waals surface area contributed by atoms with Crippen molar-refractivity contribution in [2.75, 3.05) is 6.61 Å². The van der Waals surface area contributed by atoms with Gasteiger partial charge in [0, 0.05) is 23.3 Å². The summed E-state index contributed by atoms with van der Waals surface area (Å²) in [6.45, 7) is 2.38. The molecule has 1 aromatic rings. The van der Waals surface area contributed by atoms with Gasteiger partial charge in [-0.15, -0.1) is 0 Å². The summed E-state index contributed by atoms with van der Waals surface area (Å²) in [5.41, 5.74) is -0.292. The minimum absolute atomic E-state index is 0.0222. The summed E-state index contributed by atoms with van der Waals surface area (Å²) in [7, 11) is 0. The zero-order valence-electron chi connectivity index (χ0n) is 15.0. The highest BCUT2D eigenvalue weighted by molar-refractivity contribution is 5.80. The standard InChI is InChI=1S/C20H26O6/c1-11-7-16(21)20-10-25-17(22)13(20)3-2-4-15(20)19(11)8-14(26-18(19)23)12-5-6-24-9-12/h5-6,9,11,13-17,21-22H,2-4,7-8,10H2,1H3/t11-,13+,14+,15-,16-,17-,19-,20+/m1/s1. The first-order chi connectivity index (χ1) is 12.5. The number of aliphatic hydroxyl groups excluding tert-OH is 2. The molecule has 2 saturated heterocycles. The Balaban J connectivity index is 1.59. The van der Waals surface area contributed by atoms with Crippen LogP contribution < -0.4 is 0 Å². The van der Waals surface area contributed by atoms with Crippen LogP contribution in [-0.4, -0.2) is 35.2 Å². The van der Waals surface area contributed by atoms with Gasteiger partial charge in [-0.1, -0.05) is 13.3 Å². The molecule has 2 spiro atoms. The third kappa shape index (κ3) is 1.90. The molecule has 26 heavy (non-hydrogen) atoms. The van der Waals surface area contributed by atoms with Gasteiger partial charge in [-0.2, -0.15) is 0 Å². The Morgan fingerprint density at radius 3 is 2.88 bits per heavy atom. The van der Waals surface area contributed by atoms with Gasteiger partial charge in [0.2, 0.25) is 0 Å². The molecule has 6 heteroatoms. The molecule has 142 valence electrons. The first-order valence-corrected chi connectivity index (χ1v) is 9.71. The van der Waals surface area contributed by atoms with E-state index in [4.69, 9.17) is 13.9 Å². The summed E-state index contributed by atoms with van der Waals surface area (Å²) in [5.74, 6) is -0.279. The average Bonchev–Trinajstić information content (AvgIpc) is 3.33. The maximum atomic E-state index is 13.3. The minimum atomic E-state index is -0.847. The molecule has 0 amide bonds. The number of esters is 1. The number of carbonyl (C=O) groups excluding carboxylic acids is 1. The van der Waals surface area contributed by atoms with Gasteiger partial charge in [0.15, 0.2) is 6.29 Å². The van der Waals surface area contributed by atoms with Gasteiger partial charge in [-0.25, -0.2) is 0 Å². The van der Waals surface area contributed by atoms with Gasteiger partial charge in [0.1, 0.15) is 6.10 Å². The van der Waals surface area contributed by atoms with E-state index in [1.54, 1.807) is 12.5 Å². The molecule has 2 saturated carbocycles. The molecule has 1 aromatic heterocycles. The number of rotatable bonds is 1. The van der Waals surface area contributed by atoms with Crippen LogP contribution in [0.5, 0.6) is 0 Å². The van der Waals surface area contributed by atoms with E-state index >= 15 is 0 Å². The van der Waals surface area contributed by atoms with Crippen molar-refractivity contribution in [1.82, 2.24) is 0 Å². The Morgan fingerprint density at radius 2 is 2.12 bits per heavy atom. The molecule has 0 aromatic carbocycles. The van der Waals surface area contributed by atoms with E-state index in [1.165, 1.54) is 0 Å². The topological polar surface area (TPSA) is 89.1 Å². The largest absolute Gasteiger partial charge is 0.472 e. The van der Waals surface area contributed by atoms with E-state index in [-0.39, 0.29) is 29.8 Å². The van der Waals surface area contributed by atoms with E-state index < -0.39 is 23.2 Å². The quantitative estimate of drug-likeness (QED) is 0.746. The molecule has 8 atom stereocenters. The van der Waals surface area contributed by atoms with Crippen LogP contribution in [0.2, 0.25) is 0 Å². The summed E-state index contributed by atoms with van der Waals surface area (Å²) in [5, 5.41) is 21.5. The second-order valence-corrected chi connectivity index (χ2v) is 8.75. The van der Waals surface area contributed by atoms with Crippen molar-refractivity contribution in [2.45, 2.75) is 57.5 Å². The number of hydrogen-bond donors (Lipinski definition) is 2. The van der Waals surface area contributed by atoms with Crippen molar-refractivity contribution in [3.63, 3.8) is 0 Å². The van der Waals surface area contributed by atoms with E-state index in [2.05, 4.69) is 6.92 Å². The van der Waals surface area contributed by atoms with Crippen molar-refractivity contribution in [3.8, 4) is 0 Å². The minimum Gasteiger partial charge on any atom is -0.472 e. The zero-order valence-corrected chi connectivity index (χ0v) is 15.0. The van der Waals surface area contributed by atoms with E-state index in [9.17, 15) is 15.0 Å².